The molecule has 2 rings (SSSR count). The van der Waals surface area contributed by atoms with Gasteiger partial charge in [0.05, 0.1) is 11.6 Å². The minimum Gasteiger partial charge on any atom is -0.481 e. The lowest BCUT2D eigenvalue weighted by molar-refractivity contribution is -0.141. The molecule has 0 saturated heterocycles. The summed E-state index contributed by atoms with van der Waals surface area (Å²) in [6.07, 6.45) is 4.07. The van der Waals surface area contributed by atoms with Crippen LogP contribution in [0, 0.1) is 12.8 Å². The van der Waals surface area contributed by atoms with Gasteiger partial charge in [-0.15, -0.1) is 0 Å². The Morgan fingerprint density at radius 2 is 2.38 bits per heavy atom. The number of carboxylic acid groups (broad SMARTS) is 1. The van der Waals surface area contributed by atoms with Gasteiger partial charge in [-0.3, -0.25) is 4.79 Å². The Morgan fingerprint density at radius 3 is 3.06 bits per heavy atom. The van der Waals surface area contributed by atoms with E-state index in [0.29, 0.717) is 6.42 Å². The van der Waals surface area contributed by atoms with Crippen molar-refractivity contribution in [1.82, 2.24) is 14.6 Å². The zero-order valence-electron chi connectivity index (χ0n) is 9.21. The fraction of sp³-hybridized carbons (Fsp3) is 0.364. The topological polar surface area (TPSA) is 67.5 Å². The maximum atomic E-state index is 10.7. The third-order valence-corrected chi connectivity index (χ3v) is 2.43. The molecule has 0 aliphatic rings. The van der Waals surface area contributed by atoms with Gasteiger partial charge in [-0.2, -0.15) is 5.10 Å². The minimum atomic E-state index is -0.804. The molecule has 2 aromatic rings. The van der Waals surface area contributed by atoms with Crippen LogP contribution in [0.4, 0.5) is 0 Å². The van der Waals surface area contributed by atoms with Gasteiger partial charge in [0.2, 0.25) is 0 Å². The number of carboxylic acids is 1. The zero-order valence-corrected chi connectivity index (χ0v) is 9.21. The number of carbonyl (C=O) groups is 1. The Kier molecular flexibility index (Phi) is 2.60. The maximum Gasteiger partial charge on any atom is 0.306 e. The molecule has 1 N–H and O–H groups in total. The van der Waals surface area contributed by atoms with E-state index >= 15 is 0 Å². The van der Waals surface area contributed by atoms with Gasteiger partial charge in [0, 0.05) is 24.9 Å². The summed E-state index contributed by atoms with van der Waals surface area (Å²) in [5, 5.41) is 13.1. The van der Waals surface area contributed by atoms with Crippen LogP contribution in [0.25, 0.3) is 5.65 Å². The number of rotatable bonds is 3. The number of aromatic nitrogens is 3. The van der Waals surface area contributed by atoms with E-state index in [4.69, 9.17) is 5.11 Å². The van der Waals surface area contributed by atoms with Gasteiger partial charge >= 0.3 is 5.97 Å². The molecule has 1 unspecified atom stereocenters. The van der Waals surface area contributed by atoms with E-state index in [1.807, 2.05) is 19.2 Å². The first-order chi connectivity index (χ1) is 7.56. The van der Waals surface area contributed by atoms with E-state index < -0.39 is 11.9 Å². The summed E-state index contributed by atoms with van der Waals surface area (Å²) in [6, 6.07) is 1.82. The molecule has 5 nitrogen and oxygen atoms in total. The summed E-state index contributed by atoms with van der Waals surface area (Å²) < 4.78 is 1.68. The number of aryl methyl sites for hydroxylation is 1. The first kappa shape index (κ1) is 10.6. The van der Waals surface area contributed by atoms with E-state index in [1.165, 1.54) is 0 Å². The van der Waals surface area contributed by atoms with Crippen molar-refractivity contribution in [2.45, 2.75) is 20.3 Å². The van der Waals surface area contributed by atoms with Gasteiger partial charge in [0.25, 0.3) is 0 Å². The summed E-state index contributed by atoms with van der Waals surface area (Å²) in [5.41, 5.74) is 2.53. The second-order valence-electron chi connectivity index (χ2n) is 4.01. The van der Waals surface area contributed by atoms with E-state index in [-0.39, 0.29) is 0 Å². The van der Waals surface area contributed by atoms with Crippen molar-refractivity contribution in [1.29, 1.82) is 0 Å². The second kappa shape index (κ2) is 3.92. The van der Waals surface area contributed by atoms with E-state index in [1.54, 1.807) is 17.6 Å². The van der Waals surface area contributed by atoms with Crippen LogP contribution in [0.5, 0.6) is 0 Å². The Hall–Kier alpha value is -1.91. The molecule has 2 heterocycles. The van der Waals surface area contributed by atoms with E-state index in [2.05, 4.69) is 10.1 Å². The highest BCUT2D eigenvalue weighted by atomic mass is 16.4. The standard InChI is InChI=1S/C11H13N3O2/c1-7-5-12-10-4-9(13-14(10)6-7)3-8(2)11(15)16/h4-6,8H,3H2,1-2H3,(H,15,16). The summed E-state index contributed by atoms with van der Waals surface area (Å²) in [6.45, 7) is 3.61. The molecule has 2 aromatic heterocycles. The van der Waals surface area contributed by atoms with Gasteiger partial charge in [0.1, 0.15) is 0 Å². The van der Waals surface area contributed by atoms with Gasteiger partial charge in [-0.1, -0.05) is 6.92 Å². The van der Waals surface area contributed by atoms with E-state index in [0.717, 1.165) is 16.9 Å². The van der Waals surface area contributed by atoms with Crippen LogP contribution in [0.2, 0.25) is 0 Å². The van der Waals surface area contributed by atoms with Crippen LogP contribution in [-0.2, 0) is 11.2 Å². The Morgan fingerprint density at radius 1 is 1.62 bits per heavy atom. The van der Waals surface area contributed by atoms with Gasteiger partial charge in [-0.05, 0) is 12.5 Å². The van der Waals surface area contributed by atoms with Gasteiger partial charge < -0.3 is 5.11 Å². The van der Waals surface area contributed by atoms with Crippen molar-refractivity contribution < 1.29 is 9.90 Å². The smallest absolute Gasteiger partial charge is 0.306 e. The highest BCUT2D eigenvalue weighted by molar-refractivity contribution is 5.69. The zero-order chi connectivity index (χ0) is 11.7. The van der Waals surface area contributed by atoms with Crippen LogP contribution in [0.15, 0.2) is 18.5 Å². The molecule has 5 heteroatoms. The Balaban J connectivity index is 2.29. The van der Waals surface area contributed by atoms with Crippen molar-refractivity contribution in [3.05, 3.63) is 29.7 Å². The summed E-state index contributed by atoms with van der Waals surface area (Å²) in [5.74, 6) is -1.23. The van der Waals surface area contributed by atoms with Crippen LogP contribution in [0.1, 0.15) is 18.2 Å². The predicted octanol–water partition coefficient (Wildman–Crippen LogP) is 1.30. The van der Waals surface area contributed by atoms with Gasteiger partial charge in [-0.25, -0.2) is 9.50 Å². The molecular formula is C11H13N3O2. The van der Waals surface area contributed by atoms with Crippen LogP contribution in [0.3, 0.4) is 0 Å². The van der Waals surface area contributed by atoms with Crippen molar-refractivity contribution in [2.24, 2.45) is 5.92 Å². The molecule has 0 saturated carbocycles. The number of nitrogens with zero attached hydrogens (tertiary/aromatic N) is 3. The Labute approximate surface area is 92.7 Å². The molecule has 16 heavy (non-hydrogen) atoms. The molecule has 0 fully saturated rings. The lowest BCUT2D eigenvalue weighted by Crippen LogP contribution is -2.12. The molecule has 84 valence electrons. The lowest BCUT2D eigenvalue weighted by Gasteiger charge is -2.01. The number of hydrogen-bond acceptors (Lipinski definition) is 3. The molecule has 0 bridgehead atoms. The Bertz CT molecular complexity index is 533. The maximum absolute atomic E-state index is 10.7. The third-order valence-electron chi connectivity index (χ3n) is 2.43. The van der Waals surface area contributed by atoms with Gasteiger partial charge in [0.15, 0.2) is 5.65 Å². The van der Waals surface area contributed by atoms with Crippen molar-refractivity contribution >= 4 is 11.6 Å². The van der Waals surface area contributed by atoms with Crippen molar-refractivity contribution in [3.63, 3.8) is 0 Å². The lowest BCUT2D eigenvalue weighted by atomic mass is 10.1. The third kappa shape index (κ3) is 2.03. The number of aliphatic carboxylic acids is 1. The SMILES string of the molecule is Cc1cnc2cc(CC(C)C(=O)O)nn2c1. The fourth-order valence-corrected chi connectivity index (χ4v) is 1.52. The largest absolute Gasteiger partial charge is 0.481 e. The summed E-state index contributed by atoms with van der Waals surface area (Å²) in [4.78, 5) is 14.9. The van der Waals surface area contributed by atoms with Crippen LogP contribution >= 0.6 is 0 Å². The highest BCUT2D eigenvalue weighted by Crippen LogP contribution is 2.10. The summed E-state index contributed by atoms with van der Waals surface area (Å²) >= 11 is 0. The molecule has 0 aliphatic carbocycles. The highest BCUT2D eigenvalue weighted by Gasteiger charge is 2.14. The van der Waals surface area contributed by atoms with Crippen LogP contribution < -0.4 is 0 Å². The molecule has 0 amide bonds. The van der Waals surface area contributed by atoms with Crippen molar-refractivity contribution in [3.8, 4) is 0 Å². The minimum absolute atomic E-state index is 0.425. The first-order valence-electron chi connectivity index (χ1n) is 5.10. The monoisotopic (exact) mass is 219 g/mol. The number of fused-ring (bicyclic) bond motifs is 1. The summed E-state index contributed by atoms with van der Waals surface area (Å²) in [7, 11) is 0. The first-order valence-corrected chi connectivity index (χ1v) is 5.10. The van der Waals surface area contributed by atoms with Crippen molar-refractivity contribution in [2.75, 3.05) is 0 Å². The molecule has 0 aromatic carbocycles. The van der Waals surface area contributed by atoms with Crippen LogP contribution in [-0.4, -0.2) is 25.7 Å². The normalized spacial score (nSPS) is 12.9. The quantitative estimate of drug-likeness (QED) is 0.844. The molecule has 0 spiro atoms. The predicted molar refractivity (Wildman–Crippen MR) is 58.2 cm³/mol. The number of hydrogen-bond donors (Lipinski definition) is 1. The molecule has 1 atom stereocenters. The fourth-order valence-electron chi connectivity index (χ4n) is 1.52. The van der Waals surface area contributed by atoms with E-state index in [9.17, 15) is 4.79 Å². The molecule has 0 aliphatic heterocycles. The molecular weight excluding hydrogens is 206 g/mol. The average molecular weight is 219 g/mol. The average Bonchev–Trinajstić information content (AvgIpc) is 2.58. The second-order valence-corrected chi connectivity index (χ2v) is 4.01. The molecule has 0 radical (unpaired) electrons.